The van der Waals surface area contributed by atoms with E-state index in [9.17, 15) is 27.2 Å². The molecule has 9 heteroatoms. The normalized spacial score (nSPS) is 11.2. The molecule has 0 fully saturated rings. The van der Waals surface area contributed by atoms with E-state index in [1.807, 2.05) is 5.32 Å². The van der Waals surface area contributed by atoms with Gasteiger partial charge in [-0.15, -0.1) is 0 Å². The monoisotopic (exact) mass is 309 g/mol. The van der Waals surface area contributed by atoms with Crippen molar-refractivity contribution in [1.29, 1.82) is 0 Å². The molecule has 1 rings (SSSR count). The Balaban J connectivity index is 2.58. The van der Waals surface area contributed by atoms with Crippen LogP contribution < -0.4 is 5.32 Å². The van der Waals surface area contributed by atoms with Crippen molar-refractivity contribution in [3.8, 4) is 0 Å². The molecule has 21 heavy (non-hydrogen) atoms. The number of carboxylic acid groups (broad SMARTS) is 1. The van der Waals surface area contributed by atoms with Gasteiger partial charge in [-0.1, -0.05) is 6.07 Å². The lowest BCUT2D eigenvalue weighted by Gasteiger charge is -2.10. The highest BCUT2D eigenvalue weighted by atomic mass is 19.4. The van der Waals surface area contributed by atoms with Crippen molar-refractivity contribution in [2.24, 2.45) is 0 Å². The van der Waals surface area contributed by atoms with E-state index in [4.69, 9.17) is 5.11 Å². The van der Waals surface area contributed by atoms with Crippen LogP contribution in [0, 0.1) is 5.82 Å². The van der Waals surface area contributed by atoms with Gasteiger partial charge in [0.15, 0.2) is 0 Å². The maximum absolute atomic E-state index is 13.5. The number of alkyl halides is 3. The topological polar surface area (TPSA) is 75.6 Å². The van der Waals surface area contributed by atoms with Gasteiger partial charge in [0, 0.05) is 0 Å². The molecule has 1 aromatic rings. The zero-order valence-electron chi connectivity index (χ0n) is 10.5. The second-order valence-corrected chi connectivity index (χ2v) is 3.93. The van der Waals surface area contributed by atoms with Crippen LogP contribution >= 0.6 is 0 Å². The number of carbonyl (C=O) groups excluding carboxylic acids is 1. The Morgan fingerprint density at radius 1 is 1.29 bits per heavy atom. The summed E-state index contributed by atoms with van der Waals surface area (Å²) in [4.78, 5) is 22.3. The number of nitrogens with one attached hydrogen (secondary N) is 1. The van der Waals surface area contributed by atoms with Crippen molar-refractivity contribution in [3.63, 3.8) is 0 Å². The number of aromatic carboxylic acids is 1. The van der Waals surface area contributed by atoms with Crippen molar-refractivity contribution in [1.82, 2.24) is 0 Å². The molecule has 5 nitrogen and oxygen atoms in total. The number of rotatable bonds is 6. The van der Waals surface area contributed by atoms with Gasteiger partial charge in [0.25, 0.3) is 0 Å². The van der Waals surface area contributed by atoms with E-state index >= 15 is 0 Å². The lowest BCUT2D eigenvalue weighted by Crippen LogP contribution is -2.21. The summed E-state index contributed by atoms with van der Waals surface area (Å²) in [6.07, 6.45) is -4.97. The largest absolute Gasteiger partial charge is 0.478 e. The van der Waals surface area contributed by atoms with Crippen molar-refractivity contribution >= 4 is 17.6 Å². The molecule has 0 unspecified atom stereocenters. The average Bonchev–Trinajstić information content (AvgIpc) is 2.35. The van der Waals surface area contributed by atoms with Crippen LogP contribution in [0.3, 0.4) is 0 Å². The Bertz CT molecular complexity index is 530. The van der Waals surface area contributed by atoms with E-state index in [0.29, 0.717) is 0 Å². The Morgan fingerprint density at radius 2 is 1.95 bits per heavy atom. The van der Waals surface area contributed by atoms with Crippen LogP contribution in [0.5, 0.6) is 0 Å². The van der Waals surface area contributed by atoms with Gasteiger partial charge in [0.05, 0.1) is 24.3 Å². The molecule has 0 bridgehead atoms. The number of amides is 1. The summed E-state index contributed by atoms with van der Waals surface area (Å²) in [5.41, 5.74) is -0.995. The zero-order valence-corrected chi connectivity index (χ0v) is 10.5. The minimum absolute atomic E-state index is 0.459. The average molecular weight is 309 g/mol. The van der Waals surface area contributed by atoms with E-state index in [0.717, 1.165) is 18.2 Å². The molecule has 0 atom stereocenters. The minimum Gasteiger partial charge on any atom is -0.478 e. The fraction of sp³-hybridized carbons (Fsp3) is 0.333. The fourth-order valence-electron chi connectivity index (χ4n) is 1.38. The number of para-hydroxylation sites is 1. The molecule has 0 saturated carbocycles. The van der Waals surface area contributed by atoms with Gasteiger partial charge >= 0.3 is 12.1 Å². The molecular weight excluding hydrogens is 298 g/mol. The molecular formula is C12H11F4NO4. The summed E-state index contributed by atoms with van der Waals surface area (Å²) in [6.45, 7) is -2.03. The predicted molar refractivity (Wildman–Crippen MR) is 63.5 cm³/mol. The van der Waals surface area contributed by atoms with Crippen molar-refractivity contribution in [3.05, 3.63) is 29.6 Å². The second kappa shape index (κ2) is 7.02. The Kier molecular flexibility index (Phi) is 5.65. The summed E-state index contributed by atoms with van der Waals surface area (Å²) in [6, 6.07) is 3.18. The van der Waals surface area contributed by atoms with Crippen LogP contribution in [0.15, 0.2) is 18.2 Å². The third-order valence-electron chi connectivity index (χ3n) is 2.25. The number of anilines is 1. The van der Waals surface area contributed by atoms with Gasteiger partial charge in [-0.2, -0.15) is 13.2 Å². The molecule has 1 aromatic carbocycles. The molecule has 0 aliphatic heterocycles. The summed E-state index contributed by atoms with van der Waals surface area (Å²) in [5, 5.41) is 10.8. The summed E-state index contributed by atoms with van der Waals surface area (Å²) in [5.74, 6) is -3.26. The third-order valence-corrected chi connectivity index (χ3v) is 2.25. The zero-order chi connectivity index (χ0) is 16.0. The number of carbonyl (C=O) groups is 2. The molecule has 0 aliphatic rings. The Labute approximate surface area is 116 Å². The molecule has 0 heterocycles. The van der Waals surface area contributed by atoms with Crippen LogP contribution in [0.1, 0.15) is 16.8 Å². The van der Waals surface area contributed by atoms with Gasteiger partial charge in [0.1, 0.15) is 12.4 Å². The fourth-order valence-corrected chi connectivity index (χ4v) is 1.38. The number of halogens is 4. The number of hydrogen-bond donors (Lipinski definition) is 2. The Morgan fingerprint density at radius 3 is 2.52 bits per heavy atom. The third kappa shape index (κ3) is 5.78. The highest BCUT2D eigenvalue weighted by molar-refractivity contribution is 6.00. The maximum Gasteiger partial charge on any atom is 0.411 e. The molecule has 0 spiro atoms. The number of ether oxygens (including phenoxy) is 1. The van der Waals surface area contributed by atoms with Gasteiger partial charge in [-0.25, -0.2) is 9.18 Å². The van der Waals surface area contributed by atoms with E-state index in [1.54, 1.807) is 0 Å². The molecule has 0 saturated heterocycles. The van der Waals surface area contributed by atoms with Gasteiger partial charge in [0.2, 0.25) is 5.91 Å². The van der Waals surface area contributed by atoms with Crippen LogP contribution in [-0.2, 0) is 9.53 Å². The molecule has 0 radical (unpaired) electrons. The highest BCUT2D eigenvalue weighted by Crippen LogP contribution is 2.20. The summed E-state index contributed by atoms with van der Waals surface area (Å²) < 4.78 is 53.0. The second-order valence-electron chi connectivity index (χ2n) is 3.93. The first kappa shape index (κ1) is 16.9. The summed E-state index contributed by atoms with van der Waals surface area (Å²) in [7, 11) is 0. The Hall–Kier alpha value is -2.16. The first-order valence-electron chi connectivity index (χ1n) is 5.67. The first-order valence-corrected chi connectivity index (χ1v) is 5.67. The number of benzene rings is 1. The SMILES string of the molecule is O=C(CCOCC(F)(F)F)Nc1c(F)cccc1C(=O)O. The van der Waals surface area contributed by atoms with Gasteiger partial charge in [-0.05, 0) is 12.1 Å². The van der Waals surface area contributed by atoms with Crippen LogP contribution in [0.4, 0.5) is 23.2 Å². The quantitative estimate of drug-likeness (QED) is 0.625. The molecule has 2 N–H and O–H groups in total. The molecule has 1 amide bonds. The van der Waals surface area contributed by atoms with E-state index in [-0.39, 0.29) is 0 Å². The molecule has 116 valence electrons. The minimum atomic E-state index is -4.50. The predicted octanol–water partition coefficient (Wildman–Crippen LogP) is 2.43. The highest BCUT2D eigenvalue weighted by Gasteiger charge is 2.27. The van der Waals surface area contributed by atoms with Crippen molar-refractivity contribution < 1.29 is 37.0 Å². The number of carboxylic acids is 1. The molecule has 0 aromatic heterocycles. The summed E-state index contributed by atoms with van der Waals surface area (Å²) >= 11 is 0. The van der Waals surface area contributed by atoms with E-state index in [1.165, 1.54) is 0 Å². The van der Waals surface area contributed by atoms with E-state index in [2.05, 4.69) is 4.74 Å². The van der Waals surface area contributed by atoms with Crippen LogP contribution in [-0.4, -0.2) is 36.4 Å². The van der Waals surface area contributed by atoms with Crippen LogP contribution in [0.25, 0.3) is 0 Å². The maximum atomic E-state index is 13.5. The van der Waals surface area contributed by atoms with Gasteiger partial charge < -0.3 is 15.2 Å². The van der Waals surface area contributed by atoms with Crippen molar-refractivity contribution in [2.75, 3.05) is 18.5 Å². The van der Waals surface area contributed by atoms with Crippen LogP contribution in [0.2, 0.25) is 0 Å². The number of hydrogen-bond acceptors (Lipinski definition) is 3. The van der Waals surface area contributed by atoms with Crippen molar-refractivity contribution in [2.45, 2.75) is 12.6 Å². The smallest absolute Gasteiger partial charge is 0.411 e. The first-order chi connectivity index (χ1) is 9.70. The lowest BCUT2D eigenvalue weighted by molar-refractivity contribution is -0.174. The lowest BCUT2D eigenvalue weighted by atomic mass is 10.1. The van der Waals surface area contributed by atoms with E-state index < -0.39 is 54.8 Å². The standard InChI is InChI=1S/C12H11F4NO4/c13-8-3-1-2-7(11(19)20)10(8)17-9(18)4-5-21-6-12(14,15)16/h1-3H,4-6H2,(H,17,18)(H,19,20). The van der Waals surface area contributed by atoms with Gasteiger partial charge in [-0.3, -0.25) is 4.79 Å². The molecule has 0 aliphatic carbocycles.